The lowest BCUT2D eigenvalue weighted by atomic mass is 10.0. The van der Waals surface area contributed by atoms with E-state index in [4.69, 9.17) is 9.57 Å². The summed E-state index contributed by atoms with van der Waals surface area (Å²) in [6, 6.07) is 2.67. The normalized spacial score (nSPS) is 19.0. The highest BCUT2D eigenvalue weighted by Gasteiger charge is 2.54. The SMILES string of the molecule is COC(=O)C1=C(CSc2ccc3nncn3n2)CSC2C(NC(=O)/C(=N\OCC(C)=O)c3cscn3)C(=O)N12. The number of hydrogen-bond donors (Lipinski definition) is 1. The van der Waals surface area contributed by atoms with Crippen LogP contribution in [0, 0.1) is 0 Å². The van der Waals surface area contributed by atoms with Crippen LogP contribution in [-0.2, 0) is 28.8 Å². The van der Waals surface area contributed by atoms with Gasteiger partial charge in [0.25, 0.3) is 11.8 Å². The molecular weight excluding hydrogens is 568 g/mol. The molecule has 0 radical (unpaired) electrons. The number of ether oxygens (including phenoxy) is 1. The molecule has 2 amide bonds. The number of carbonyl (C=O) groups excluding carboxylic acids is 4. The first-order chi connectivity index (χ1) is 18.9. The highest BCUT2D eigenvalue weighted by Crippen LogP contribution is 2.41. The van der Waals surface area contributed by atoms with Crippen molar-refractivity contribution in [2.45, 2.75) is 23.4 Å². The van der Waals surface area contributed by atoms with Crippen molar-refractivity contribution in [1.82, 2.24) is 35.0 Å². The van der Waals surface area contributed by atoms with Gasteiger partial charge in [-0.1, -0.05) is 5.16 Å². The Balaban J connectivity index is 1.31. The fraction of sp³-hybridized carbons (Fsp3) is 0.318. The van der Waals surface area contributed by atoms with Gasteiger partial charge in [0.15, 0.2) is 23.7 Å². The number of amides is 2. The van der Waals surface area contributed by atoms with E-state index < -0.39 is 29.2 Å². The van der Waals surface area contributed by atoms with Crippen LogP contribution in [0.15, 0.2) is 50.8 Å². The Kier molecular flexibility index (Phi) is 7.89. The zero-order chi connectivity index (χ0) is 27.5. The Labute approximate surface area is 233 Å². The van der Waals surface area contributed by atoms with Crippen LogP contribution in [0.25, 0.3) is 5.65 Å². The number of aromatic nitrogens is 5. The molecule has 1 N–H and O–H groups in total. The topological polar surface area (TPSA) is 170 Å². The number of carbonyl (C=O) groups is 4. The van der Waals surface area contributed by atoms with Crippen molar-refractivity contribution in [1.29, 1.82) is 0 Å². The van der Waals surface area contributed by atoms with Gasteiger partial charge in [-0.3, -0.25) is 19.3 Å². The van der Waals surface area contributed by atoms with Gasteiger partial charge in [-0.15, -0.1) is 45.1 Å². The molecule has 5 rings (SSSR count). The second kappa shape index (κ2) is 11.5. The minimum atomic E-state index is -0.911. The van der Waals surface area contributed by atoms with E-state index in [9.17, 15) is 19.2 Å². The van der Waals surface area contributed by atoms with Gasteiger partial charge in [0.2, 0.25) is 0 Å². The molecule has 5 heterocycles. The van der Waals surface area contributed by atoms with Crippen molar-refractivity contribution >= 4 is 69.8 Å². The molecule has 1 fully saturated rings. The minimum Gasteiger partial charge on any atom is -0.464 e. The number of β-lactam (4-membered cyclic amide) rings is 1. The predicted octanol–water partition coefficient (Wildman–Crippen LogP) is 0.510. The molecule has 14 nitrogen and oxygen atoms in total. The zero-order valence-electron chi connectivity index (χ0n) is 20.5. The third-order valence-electron chi connectivity index (χ3n) is 5.56. The number of hydrogen-bond acceptors (Lipinski definition) is 14. The number of Topliss-reactive ketones (excluding diaryl/α,β-unsaturated/α-hetero) is 1. The van der Waals surface area contributed by atoms with Crippen molar-refractivity contribution in [3.63, 3.8) is 0 Å². The lowest BCUT2D eigenvalue weighted by Gasteiger charge is -2.49. The van der Waals surface area contributed by atoms with E-state index in [0.717, 1.165) is 0 Å². The van der Waals surface area contributed by atoms with Crippen LogP contribution in [-0.4, -0.2) is 95.6 Å². The van der Waals surface area contributed by atoms with Crippen molar-refractivity contribution in [3.8, 4) is 0 Å². The zero-order valence-corrected chi connectivity index (χ0v) is 22.9. The Bertz CT molecular complexity index is 1500. The van der Waals surface area contributed by atoms with Crippen LogP contribution in [0.2, 0.25) is 0 Å². The number of fused-ring (bicyclic) bond motifs is 2. The largest absolute Gasteiger partial charge is 0.464 e. The van der Waals surface area contributed by atoms with Gasteiger partial charge in [0.1, 0.15) is 34.2 Å². The Hall–Kier alpha value is -3.83. The molecule has 0 saturated carbocycles. The van der Waals surface area contributed by atoms with E-state index in [1.165, 1.54) is 65.6 Å². The molecule has 1 saturated heterocycles. The summed E-state index contributed by atoms with van der Waals surface area (Å²) >= 11 is 4.06. The van der Waals surface area contributed by atoms with Crippen molar-refractivity contribution < 1.29 is 28.8 Å². The van der Waals surface area contributed by atoms with Gasteiger partial charge in [-0.2, -0.15) is 9.61 Å². The predicted molar refractivity (Wildman–Crippen MR) is 141 cm³/mol. The van der Waals surface area contributed by atoms with E-state index in [1.54, 1.807) is 22.0 Å². The number of nitrogens with zero attached hydrogens (tertiary/aromatic N) is 7. The third-order valence-corrected chi connectivity index (χ3v) is 8.49. The average Bonchev–Trinajstić information content (AvgIpc) is 3.63. The van der Waals surface area contributed by atoms with Gasteiger partial charge in [0, 0.05) is 16.9 Å². The fourth-order valence-electron chi connectivity index (χ4n) is 3.76. The van der Waals surface area contributed by atoms with E-state index in [0.29, 0.717) is 27.8 Å². The lowest BCUT2D eigenvalue weighted by molar-refractivity contribution is -0.151. The summed E-state index contributed by atoms with van der Waals surface area (Å²) in [6.45, 7) is 1.01. The Morgan fingerprint density at radius 1 is 1.31 bits per heavy atom. The van der Waals surface area contributed by atoms with Crippen LogP contribution in [0.5, 0.6) is 0 Å². The molecular formula is C22H20N8O6S3. The molecule has 0 bridgehead atoms. The molecule has 2 atom stereocenters. The lowest BCUT2D eigenvalue weighted by Crippen LogP contribution is -2.71. The van der Waals surface area contributed by atoms with Crippen molar-refractivity contribution in [3.05, 3.63) is 46.3 Å². The van der Waals surface area contributed by atoms with Crippen LogP contribution >= 0.6 is 34.9 Å². The van der Waals surface area contributed by atoms with Crippen LogP contribution in [0.1, 0.15) is 12.6 Å². The molecule has 17 heteroatoms. The molecule has 0 aliphatic carbocycles. The summed E-state index contributed by atoms with van der Waals surface area (Å²) in [5.74, 6) is -1.25. The van der Waals surface area contributed by atoms with Crippen molar-refractivity contribution in [2.75, 3.05) is 25.2 Å². The number of thiazole rings is 1. The molecule has 2 aliphatic heterocycles. The quantitative estimate of drug-likeness (QED) is 0.115. The molecule has 3 aromatic rings. The van der Waals surface area contributed by atoms with E-state index in [-0.39, 0.29) is 29.5 Å². The number of nitrogens with one attached hydrogen (secondary N) is 1. The highest BCUT2D eigenvalue weighted by molar-refractivity contribution is 8.01. The Morgan fingerprint density at radius 2 is 2.15 bits per heavy atom. The number of oxime groups is 1. The van der Waals surface area contributed by atoms with Gasteiger partial charge in [-0.25, -0.2) is 9.78 Å². The summed E-state index contributed by atoms with van der Waals surface area (Å²) in [6.07, 6.45) is 1.49. The smallest absolute Gasteiger partial charge is 0.354 e. The molecule has 39 heavy (non-hydrogen) atoms. The molecule has 2 unspecified atom stereocenters. The first-order valence-electron chi connectivity index (χ1n) is 11.3. The number of esters is 1. The number of ketones is 1. The second-order valence-electron chi connectivity index (χ2n) is 8.19. The number of rotatable bonds is 10. The first-order valence-corrected chi connectivity index (χ1v) is 14.3. The molecule has 0 spiro atoms. The maximum Gasteiger partial charge on any atom is 0.354 e. The van der Waals surface area contributed by atoms with Gasteiger partial charge in [0.05, 0.1) is 12.6 Å². The maximum atomic E-state index is 13.2. The second-order valence-corrected chi connectivity index (χ2v) is 11.0. The van der Waals surface area contributed by atoms with E-state index in [1.807, 2.05) is 0 Å². The fourth-order valence-corrected chi connectivity index (χ4v) is 6.64. The molecule has 0 aromatic carbocycles. The average molecular weight is 589 g/mol. The third kappa shape index (κ3) is 5.50. The number of methoxy groups -OCH3 is 1. The molecule has 2 aliphatic rings. The van der Waals surface area contributed by atoms with Gasteiger partial charge in [-0.05, 0) is 24.6 Å². The maximum absolute atomic E-state index is 13.2. The summed E-state index contributed by atoms with van der Waals surface area (Å²) in [5, 5.41) is 20.4. The summed E-state index contributed by atoms with van der Waals surface area (Å²) in [4.78, 5) is 60.6. The van der Waals surface area contributed by atoms with Gasteiger partial charge >= 0.3 is 5.97 Å². The van der Waals surface area contributed by atoms with Crippen LogP contribution in [0.3, 0.4) is 0 Å². The van der Waals surface area contributed by atoms with Crippen LogP contribution in [0.4, 0.5) is 0 Å². The Morgan fingerprint density at radius 3 is 2.90 bits per heavy atom. The highest BCUT2D eigenvalue weighted by atomic mass is 32.2. The van der Waals surface area contributed by atoms with Crippen molar-refractivity contribution in [2.24, 2.45) is 5.16 Å². The first kappa shape index (κ1) is 26.8. The number of thioether (sulfide) groups is 2. The summed E-state index contributed by atoms with van der Waals surface area (Å²) in [7, 11) is 1.25. The summed E-state index contributed by atoms with van der Waals surface area (Å²) < 4.78 is 6.53. The van der Waals surface area contributed by atoms with E-state index >= 15 is 0 Å². The monoisotopic (exact) mass is 588 g/mol. The standard InChI is InChI=1S/C22H20N8O6S3/c1-11(31)5-36-28-16(13-8-37-10-23-13)19(32)25-17-20(33)30-18(22(34)35-2)12(7-39-21(17)30)6-38-15-4-3-14-26-24-9-29(14)27-15/h3-4,8-10,17,21H,5-7H2,1-2H3,(H,25,32)/b28-16-. The molecule has 3 aromatic heterocycles. The minimum absolute atomic E-state index is 0.160. The summed E-state index contributed by atoms with van der Waals surface area (Å²) in [5.41, 5.74) is 3.07. The van der Waals surface area contributed by atoms with E-state index in [2.05, 4.69) is 30.8 Å². The van der Waals surface area contributed by atoms with Gasteiger partial charge < -0.3 is 14.9 Å². The molecule has 202 valence electrons. The van der Waals surface area contributed by atoms with Crippen LogP contribution < -0.4 is 5.32 Å².